The number of ether oxygens (including phenoxy) is 3. The molecule has 1 saturated heterocycles. The first-order chi connectivity index (χ1) is 10.2. The van der Waals surface area contributed by atoms with Gasteiger partial charge in [0, 0.05) is 24.5 Å². The summed E-state index contributed by atoms with van der Waals surface area (Å²) >= 11 is 0. The summed E-state index contributed by atoms with van der Waals surface area (Å²) in [7, 11) is 1.64. The quantitative estimate of drug-likeness (QED) is 0.926. The minimum atomic E-state index is -0.0201. The van der Waals surface area contributed by atoms with Crippen molar-refractivity contribution in [3.05, 3.63) is 23.8 Å². The molecule has 1 N–H and O–H groups in total. The third-order valence-electron chi connectivity index (χ3n) is 4.70. The van der Waals surface area contributed by atoms with Crippen LogP contribution in [0, 0.1) is 0 Å². The molecule has 0 amide bonds. The Morgan fingerprint density at radius 1 is 1.33 bits per heavy atom. The highest BCUT2D eigenvalue weighted by Gasteiger charge is 2.40. The topological polar surface area (TPSA) is 47.9 Å². The fourth-order valence-electron chi connectivity index (χ4n) is 3.53. The van der Waals surface area contributed by atoms with Crippen molar-refractivity contribution in [2.75, 3.05) is 13.7 Å². The molecule has 1 atom stereocenters. The van der Waals surface area contributed by atoms with Crippen molar-refractivity contribution in [1.82, 2.24) is 0 Å². The lowest BCUT2D eigenvalue weighted by Crippen LogP contribution is -2.41. The van der Waals surface area contributed by atoms with Crippen LogP contribution in [0.1, 0.15) is 44.1 Å². The van der Waals surface area contributed by atoms with Crippen molar-refractivity contribution in [3.63, 3.8) is 0 Å². The molecule has 0 bridgehead atoms. The second-order valence-corrected chi connectivity index (χ2v) is 6.10. The molecule has 1 heterocycles. The van der Waals surface area contributed by atoms with Gasteiger partial charge in [0.15, 0.2) is 0 Å². The predicted molar refractivity (Wildman–Crippen MR) is 79.7 cm³/mol. The maximum Gasteiger partial charge on any atom is 0.128 e. The SMILES string of the molecule is COc1ccc(CO)c(OC2CCOC3(CCCC3)C2)c1. The first-order valence-electron chi connectivity index (χ1n) is 7.83. The van der Waals surface area contributed by atoms with E-state index in [9.17, 15) is 5.11 Å². The van der Waals surface area contributed by atoms with Gasteiger partial charge >= 0.3 is 0 Å². The molecule has 4 nitrogen and oxygen atoms in total. The number of methoxy groups -OCH3 is 1. The van der Waals surface area contributed by atoms with Crippen LogP contribution in [-0.4, -0.2) is 30.5 Å². The van der Waals surface area contributed by atoms with E-state index in [1.165, 1.54) is 12.8 Å². The molecule has 1 aromatic carbocycles. The van der Waals surface area contributed by atoms with Crippen LogP contribution in [0.4, 0.5) is 0 Å². The van der Waals surface area contributed by atoms with Crippen LogP contribution in [0.2, 0.25) is 0 Å². The average molecular weight is 292 g/mol. The van der Waals surface area contributed by atoms with E-state index >= 15 is 0 Å². The Hall–Kier alpha value is -1.26. The van der Waals surface area contributed by atoms with Gasteiger partial charge < -0.3 is 19.3 Å². The number of hydrogen-bond donors (Lipinski definition) is 1. The fraction of sp³-hybridized carbons (Fsp3) is 0.647. The molecule has 4 heteroatoms. The number of benzene rings is 1. The number of hydrogen-bond acceptors (Lipinski definition) is 4. The summed E-state index contributed by atoms with van der Waals surface area (Å²) in [5, 5.41) is 9.47. The van der Waals surface area contributed by atoms with E-state index in [1.807, 2.05) is 18.2 Å². The van der Waals surface area contributed by atoms with Gasteiger partial charge in [0.05, 0.1) is 25.9 Å². The molecule has 0 radical (unpaired) electrons. The summed E-state index contributed by atoms with van der Waals surface area (Å²) in [4.78, 5) is 0. The standard InChI is InChI=1S/C17H24O4/c1-19-14-5-4-13(12-18)16(10-14)21-15-6-9-20-17(11-15)7-2-3-8-17/h4-5,10,15,18H,2-3,6-9,11-12H2,1H3. The average Bonchev–Trinajstić information content (AvgIpc) is 2.95. The van der Waals surface area contributed by atoms with Gasteiger partial charge in [-0.15, -0.1) is 0 Å². The molecule has 1 spiro atoms. The summed E-state index contributed by atoms with van der Waals surface area (Å²) in [6, 6.07) is 5.57. The molecule has 1 aliphatic heterocycles. The minimum absolute atomic E-state index is 0.0201. The van der Waals surface area contributed by atoms with Crippen LogP contribution in [0.5, 0.6) is 11.5 Å². The molecule has 1 aromatic rings. The third kappa shape index (κ3) is 3.16. The smallest absolute Gasteiger partial charge is 0.128 e. The van der Waals surface area contributed by atoms with Crippen molar-refractivity contribution in [2.45, 2.75) is 56.8 Å². The van der Waals surface area contributed by atoms with E-state index in [0.717, 1.165) is 49.4 Å². The lowest BCUT2D eigenvalue weighted by atomic mass is 9.90. The van der Waals surface area contributed by atoms with Gasteiger partial charge in [0.1, 0.15) is 17.6 Å². The zero-order chi connectivity index (χ0) is 14.7. The predicted octanol–water partition coefficient (Wildman–Crippen LogP) is 3.06. The first kappa shape index (κ1) is 14.7. The highest BCUT2D eigenvalue weighted by atomic mass is 16.5. The van der Waals surface area contributed by atoms with Crippen molar-refractivity contribution >= 4 is 0 Å². The Bertz CT molecular complexity index is 480. The molecule has 0 aromatic heterocycles. The van der Waals surface area contributed by atoms with E-state index in [4.69, 9.17) is 14.2 Å². The molecule has 116 valence electrons. The van der Waals surface area contributed by atoms with Crippen molar-refractivity contribution in [1.29, 1.82) is 0 Å². The lowest BCUT2D eigenvalue weighted by Gasteiger charge is -2.38. The maximum atomic E-state index is 9.47. The fourth-order valence-corrected chi connectivity index (χ4v) is 3.53. The van der Waals surface area contributed by atoms with Gasteiger partial charge in [-0.1, -0.05) is 12.8 Å². The Morgan fingerprint density at radius 3 is 2.86 bits per heavy atom. The summed E-state index contributed by atoms with van der Waals surface area (Å²) in [5.41, 5.74) is 0.851. The Balaban J connectivity index is 1.73. The zero-order valence-corrected chi connectivity index (χ0v) is 12.6. The molecule has 1 aliphatic carbocycles. The van der Waals surface area contributed by atoms with Gasteiger partial charge in [-0.3, -0.25) is 0 Å². The zero-order valence-electron chi connectivity index (χ0n) is 12.6. The monoisotopic (exact) mass is 292 g/mol. The van der Waals surface area contributed by atoms with Crippen LogP contribution in [0.25, 0.3) is 0 Å². The van der Waals surface area contributed by atoms with Gasteiger partial charge in [-0.05, 0) is 25.0 Å². The van der Waals surface area contributed by atoms with Gasteiger partial charge in [-0.2, -0.15) is 0 Å². The normalized spacial score (nSPS) is 24.2. The summed E-state index contributed by atoms with van der Waals surface area (Å²) in [6.07, 6.45) is 6.84. The Kier molecular flexibility index (Phi) is 4.36. The van der Waals surface area contributed by atoms with Crippen molar-refractivity contribution < 1.29 is 19.3 Å². The summed E-state index contributed by atoms with van der Waals surface area (Å²) in [6.45, 7) is 0.747. The lowest BCUT2D eigenvalue weighted by molar-refractivity contribution is -0.108. The molecule has 3 rings (SSSR count). The van der Waals surface area contributed by atoms with Crippen LogP contribution in [0.3, 0.4) is 0 Å². The molecule has 2 fully saturated rings. The van der Waals surface area contributed by atoms with Crippen LogP contribution in [0.15, 0.2) is 18.2 Å². The van der Waals surface area contributed by atoms with E-state index in [1.54, 1.807) is 7.11 Å². The summed E-state index contributed by atoms with van der Waals surface area (Å²) in [5.74, 6) is 1.49. The number of aliphatic hydroxyl groups excluding tert-OH is 1. The van der Waals surface area contributed by atoms with Gasteiger partial charge in [-0.25, -0.2) is 0 Å². The molecule has 2 aliphatic rings. The van der Waals surface area contributed by atoms with Gasteiger partial charge in [0.2, 0.25) is 0 Å². The number of rotatable bonds is 4. The molecule has 1 saturated carbocycles. The van der Waals surface area contributed by atoms with E-state index in [2.05, 4.69) is 0 Å². The molecule has 1 unspecified atom stereocenters. The number of aliphatic hydroxyl groups is 1. The van der Waals surface area contributed by atoms with Crippen LogP contribution < -0.4 is 9.47 Å². The molecule has 21 heavy (non-hydrogen) atoms. The van der Waals surface area contributed by atoms with E-state index in [0.29, 0.717) is 0 Å². The first-order valence-corrected chi connectivity index (χ1v) is 7.83. The highest BCUT2D eigenvalue weighted by molar-refractivity contribution is 5.40. The Labute approximate surface area is 126 Å². The minimum Gasteiger partial charge on any atom is -0.497 e. The van der Waals surface area contributed by atoms with Crippen LogP contribution >= 0.6 is 0 Å². The van der Waals surface area contributed by atoms with Gasteiger partial charge in [0.25, 0.3) is 0 Å². The molecular formula is C17H24O4. The van der Waals surface area contributed by atoms with Crippen LogP contribution in [-0.2, 0) is 11.3 Å². The van der Waals surface area contributed by atoms with Crippen molar-refractivity contribution in [3.8, 4) is 11.5 Å². The van der Waals surface area contributed by atoms with Crippen molar-refractivity contribution in [2.24, 2.45) is 0 Å². The third-order valence-corrected chi connectivity index (χ3v) is 4.70. The summed E-state index contributed by atoms with van der Waals surface area (Å²) < 4.78 is 17.5. The van der Waals surface area contributed by atoms with E-state index in [-0.39, 0.29) is 18.3 Å². The highest BCUT2D eigenvalue weighted by Crippen LogP contribution is 2.41. The molecular weight excluding hydrogens is 268 g/mol. The van der Waals surface area contributed by atoms with E-state index < -0.39 is 0 Å². The second kappa shape index (κ2) is 6.24. The second-order valence-electron chi connectivity index (χ2n) is 6.10. The largest absolute Gasteiger partial charge is 0.497 e. The maximum absolute atomic E-state index is 9.47. The Morgan fingerprint density at radius 2 is 2.14 bits per heavy atom.